The van der Waals surface area contributed by atoms with Crippen LogP contribution in [0.1, 0.15) is 41.7 Å². The van der Waals surface area contributed by atoms with Gasteiger partial charge in [-0.25, -0.2) is 13.1 Å². The van der Waals surface area contributed by atoms with Crippen molar-refractivity contribution >= 4 is 21.7 Å². The zero-order chi connectivity index (χ0) is 21.8. The zero-order valence-corrected chi connectivity index (χ0v) is 17.6. The van der Waals surface area contributed by atoms with E-state index >= 15 is 0 Å². The maximum atomic E-state index is 12.6. The average Bonchev–Trinajstić information content (AvgIpc) is 2.60. The van der Waals surface area contributed by atoms with Crippen molar-refractivity contribution in [2.45, 2.75) is 45.1 Å². The third kappa shape index (κ3) is 5.85. The van der Waals surface area contributed by atoms with Gasteiger partial charge in [-0.05, 0) is 44.4 Å². The summed E-state index contributed by atoms with van der Waals surface area (Å²) in [6, 6.07) is 9.40. The molecule has 0 fully saturated rings. The minimum Gasteiger partial charge on any atom is -0.458 e. The Bertz CT molecular complexity index is 1010. The second-order valence-electron chi connectivity index (χ2n) is 6.86. The number of aryl methyl sites for hydroxylation is 3. The summed E-state index contributed by atoms with van der Waals surface area (Å²) in [5, 5.41) is 10.8. The maximum absolute atomic E-state index is 12.6. The fourth-order valence-electron chi connectivity index (χ4n) is 3.17. The lowest BCUT2D eigenvalue weighted by Crippen LogP contribution is -2.28. The molecule has 2 aromatic carbocycles. The molecule has 0 aliphatic heterocycles. The summed E-state index contributed by atoms with van der Waals surface area (Å²) in [6.07, 6.45) is -0.858. The van der Waals surface area contributed by atoms with E-state index in [1.807, 2.05) is 6.92 Å². The van der Waals surface area contributed by atoms with Crippen molar-refractivity contribution in [2.24, 2.45) is 0 Å². The van der Waals surface area contributed by atoms with Crippen LogP contribution < -0.4 is 4.72 Å². The van der Waals surface area contributed by atoms with Crippen LogP contribution in [0.3, 0.4) is 0 Å². The molecular formula is C20H24N2O6S. The molecule has 0 aliphatic rings. The van der Waals surface area contributed by atoms with Gasteiger partial charge in [-0.2, -0.15) is 0 Å². The van der Waals surface area contributed by atoms with E-state index in [1.165, 1.54) is 18.2 Å². The molecule has 2 aromatic rings. The SMILES string of the molecule is Cc1cc(C)c(S(=O)(=O)NCCC(=O)O[C@H](C)c2cccc([N+](=O)[O-])c2)c(C)c1. The second-order valence-corrected chi connectivity index (χ2v) is 8.56. The molecule has 0 saturated carbocycles. The van der Waals surface area contributed by atoms with Crippen molar-refractivity contribution in [3.63, 3.8) is 0 Å². The highest BCUT2D eigenvalue weighted by molar-refractivity contribution is 7.89. The van der Waals surface area contributed by atoms with Crippen LogP contribution >= 0.6 is 0 Å². The third-order valence-corrected chi connectivity index (χ3v) is 6.12. The third-order valence-electron chi connectivity index (χ3n) is 4.35. The molecule has 1 N–H and O–H groups in total. The number of esters is 1. The molecule has 9 heteroatoms. The number of nitrogens with zero attached hydrogens (tertiary/aromatic N) is 1. The molecule has 29 heavy (non-hydrogen) atoms. The van der Waals surface area contributed by atoms with Gasteiger partial charge in [0, 0.05) is 18.7 Å². The van der Waals surface area contributed by atoms with Crippen LogP contribution in [-0.2, 0) is 19.6 Å². The van der Waals surface area contributed by atoms with E-state index in [9.17, 15) is 23.3 Å². The Labute approximate surface area is 170 Å². The Morgan fingerprint density at radius 1 is 1.17 bits per heavy atom. The number of benzene rings is 2. The number of ether oxygens (including phenoxy) is 1. The van der Waals surface area contributed by atoms with Crippen molar-refractivity contribution in [3.05, 3.63) is 68.8 Å². The Morgan fingerprint density at radius 2 is 1.79 bits per heavy atom. The molecule has 1 atom stereocenters. The van der Waals surface area contributed by atoms with Crippen LogP contribution in [0.4, 0.5) is 5.69 Å². The van der Waals surface area contributed by atoms with Crippen LogP contribution in [0.2, 0.25) is 0 Å². The van der Waals surface area contributed by atoms with Crippen molar-refractivity contribution in [1.82, 2.24) is 4.72 Å². The number of hydrogen-bond donors (Lipinski definition) is 1. The van der Waals surface area contributed by atoms with Gasteiger partial charge in [0.1, 0.15) is 6.10 Å². The number of nitrogens with one attached hydrogen (secondary N) is 1. The minimum atomic E-state index is -3.76. The largest absolute Gasteiger partial charge is 0.458 e. The molecule has 2 rings (SSSR count). The molecule has 0 heterocycles. The van der Waals surface area contributed by atoms with E-state index in [2.05, 4.69) is 4.72 Å². The minimum absolute atomic E-state index is 0.0954. The highest BCUT2D eigenvalue weighted by Gasteiger charge is 2.21. The molecule has 0 unspecified atom stereocenters. The van der Waals surface area contributed by atoms with Crippen LogP contribution in [-0.4, -0.2) is 25.9 Å². The molecule has 0 aromatic heterocycles. The number of sulfonamides is 1. The molecular weight excluding hydrogens is 396 g/mol. The highest BCUT2D eigenvalue weighted by Crippen LogP contribution is 2.23. The predicted molar refractivity (Wildman–Crippen MR) is 108 cm³/mol. The van der Waals surface area contributed by atoms with Gasteiger partial charge in [0.2, 0.25) is 10.0 Å². The van der Waals surface area contributed by atoms with E-state index in [1.54, 1.807) is 39.0 Å². The van der Waals surface area contributed by atoms with Gasteiger partial charge < -0.3 is 4.74 Å². The fourth-order valence-corrected chi connectivity index (χ4v) is 4.65. The Balaban J connectivity index is 1.96. The lowest BCUT2D eigenvalue weighted by atomic mass is 10.1. The Kier molecular flexibility index (Phi) is 7.10. The number of nitro groups is 1. The number of carbonyl (C=O) groups is 1. The maximum Gasteiger partial charge on any atom is 0.307 e. The van der Waals surface area contributed by atoms with Crippen LogP contribution in [0.15, 0.2) is 41.3 Å². The normalized spacial score (nSPS) is 12.4. The number of rotatable bonds is 8. The summed E-state index contributed by atoms with van der Waals surface area (Å²) < 4.78 is 32.9. The van der Waals surface area contributed by atoms with Crippen molar-refractivity contribution < 1.29 is 22.9 Å². The van der Waals surface area contributed by atoms with Gasteiger partial charge in [0.15, 0.2) is 0 Å². The molecule has 0 aliphatic carbocycles. The first-order chi connectivity index (χ1) is 13.5. The molecule has 0 radical (unpaired) electrons. The number of hydrogen-bond acceptors (Lipinski definition) is 6. The summed E-state index contributed by atoms with van der Waals surface area (Å²) >= 11 is 0. The predicted octanol–water partition coefficient (Wildman–Crippen LogP) is 3.49. The summed E-state index contributed by atoms with van der Waals surface area (Å²) in [6.45, 7) is 6.82. The second kappa shape index (κ2) is 9.15. The van der Waals surface area contributed by atoms with Gasteiger partial charge in [0.25, 0.3) is 5.69 Å². The molecule has 156 valence electrons. The van der Waals surface area contributed by atoms with Gasteiger partial charge in [-0.1, -0.05) is 29.8 Å². The van der Waals surface area contributed by atoms with Gasteiger partial charge >= 0.3 is 5.97 Å². The van der Waals surface area contributed by atoms with E-state index in [0.717, 1.165) is 5.56 Å². The molecule has 0 bridgehead atoms. The standard InChI is InChI=1S/C20H24N2O6S/c1-13-10-14(2)20(15(3)11-13)29(26,27)21-9-8-19(23)28-16(4)17-6-5-7-18(12-17)22(24)25/h5-7,10-12,16,21H,8-9H2,1-4H3/t16-/m1/s1. The molecule has 8 nitrogen and oxygen atoms in total. The lowest BCUT2D eigenvalue weighted by Gasteiger charge is -2.15. The summed E-state index contributed by atoms with van der Waals surface area (Å²) in [7, 11) is -3.76. The molecule has 0 amide bonds. The Hall–Kier alpha value is -2.78. The highest BCUT2D eigenvalue weighted by atomic mass is 32.2. The zero-order valence-electron chi connectivity index (χ0n) is 16.8. The first-order valence-corrected chi connectivity index (χ1v) is 10.5. The van der Waals surface area contributed by atoms with Crippen LogP contribution in [0, 0.1) is 30.9 Å². The lowest BCUT2D eigenvalue weighted by molar-refractivity contribution is -0.385. The molecule has 0 saturated heterocycles. The number of non-ortho nitro benzene ring substituents is 1. The average molecular weight is 420 g/mol. The van der Waals surface area contributed by atoms with E-state index in [-0.39, 0.29) is 23.5 Å². The fraction of sp³-hybridized carbons (Fsp3) is 0.350. The van der Waals surface area contributed by atoms with Gasteiger partial charge in [-0.15, -0.1) is 0 Å². The van der Waals surface area contributed by atoms with E-state index < -0.39 is 27.0 Å². The summed E-state index contributed by atoms with van der Waals surface area (Å²) in [5.41, 5.74) is 2.63. The number of nitro benzene ring substituents is 1. The smallest absolute Gasteiger partial charge is 0.307 e. The Morgan fingerprint density at radius 3 is 2.38 bits per heavy atom. The van der Waals surface area contributed by atoms with Crippen LogP contribution in [0.25, 0.3) is 0 Å². The monoisotopic (exact) mass is 420 g/mol. The summed E-state index contributed by atoms with van der Waals surface area (Å²) in [5.74, 6) is -0.607. The first-order valence-electron chi connectivity index (χ1n) is 9.02. The van der Waals surface area contributed by atoms with E-state index in [0.29, 0.717) is 16.7 Å². The molecule has 0 spiro atoms. The van der Waals surface area contributed by atoms with Crippen molar-refractivity contribution in [2.75, 3.05) is 6.54 Å². The van der Waals surface area contributed by atoms with E-state index in [4.69, 9.17) is 4.74 Å². The number of carbonyl (C=O) groups excluding carboxylic acids is 1. The van der Waals surface area contributed by atoms with Crippen LogP contribution in [0.5, 0.6) is 0 Å². The quantitative estimate of drug-likeness (QED) is 0.397. The summed E-state index contributed by atoms with van der Waals surface area (Å²) in [4.78, 5) is 22.6. The topological polar surface area (TPSA) is 116 Å². The van der Waals surface area contributed by atoms with Gasteiger partial charge in [-0.3, -0.25) is 14.9 Å². The first kappa shape index (κ1) is 22.5. The van der Waals surface area contributed by atoms with Crippen molar-refractivity contribution in [3.8, 4) is 0 Å². The van der Waals surface area contributed by atoms with Gasteiger partial charge in [0.05, 0.1) is 16.2 Å². The van der Waals surface area contributed by atoms with Crippen molar-refractivity contribution in [1.29, 1.82) is 0 Å².